The molecular formula is C12H26BrKO2. The minimum atomic E-state index is -0.0973. The Kier molecular flexibility index (Phi) is 36.2. The number of hydrogen-bond donors (Lipinski definition) is 1. The van der Waals surface area contributed by atoms with E-state index in [1.54, 1.807) is 6.92 Å². The second kappa shape index (κ2) is 22.0. The topological polar surface area (TPSA) is 37.3 Å². The van der Waals surface area contributed by atoms with Crippen LogP contribution >= 0.6 is 0 Å². The molecule has 0 aliphatic heterocycles. The van der Waals surface area contributed by atoms with Crippen LogP contribution in [0.2, 0.25) is 0 Å². The summed E-state index contributed by atoms with van der Waals surface area (Å²) in [5.74, 6) is 0.307. The molecular weight excluding hydrogens is 295 g/mol. The van der Waals surface area contributed by atoms with Gasteiger partial charge in [-0.25, -0.2) is 0 Å². The van der Waals surface area contributed by atoms with E-state index in [-0.39, 0.29) is 74.5 Å². The number of aliphatic hydroxyl groups excluding tert-OH is 1. The van der Waals surface area contributed by atoms with Gasteiger partial charge in [-0.15, -0.1) is 0 Å². The Morgan fingerprint density at radius 3 is 1.75 bits per heavy atom. The fourth-order valence-electron chi connectivity index (χ4n) is 0.925. The first kappa shape index (κ1) is 26.3. The number of rotatable bonds is 6. The van der Waals surface area contributed by atoms with Crippen LogP contribution in [0, 0.1) is 0 Å². The molecule has 1 atom stereocenters. The van der Waals surface area contributed by atoms with Crippen molar-refractivity contribution in [2.75, 3.05) is 0 Å². The Morgan fingerprint density at radius 1 is 1.19 bits per heavy atom. The summed E-state index contributed by atoms with van der Waals surface area (Å²) < 4.78 is 0. The summed E-state index contributed by atoms with van der Waals surface area (Å²) in [6.45, 7) is 7.68. The Hall–Kier alpha value is 1.75. The van der Waals surface area contributed by atoms with Crippen molar-refractivity contribution in [2.24, 2.45) is 0 Å². The van der Waals surface area contributed by atoms with Crippen molar-refractivity contribution in [2.45, 2.75) is 72.3 Å². The van der Waals surface area contributed by atoms with E-state index in [1.165, 1.54) is 6.42 Å². The zero-order chi connectivity index (χ0) is 11.4. The molecule has 0 aliphatic rings. The molecule has 0 saturated heterocycles. The van der Waals surface area contributed by atoms with E-state index in [0.29, 0.717) is 5.78 Å². The molecule has 0 rings (SSSR count). The van der Waals surface area contributed by atoms with Crippen molar-refractivity contribution < 1.29 is 78.3 Å². The van der Waals surface area contributed by atoms with Crippen LogP contribution in [-0.4, -0.2) is 17.0 Å². The molecule has 0 amide bonds. The van der Waals surface area contributed by atoms with Crippen molar-refractivity contribution in [1.82, 2.24) is 0 Å². The number of carbonyl (C=O) groups excluding carboxylic acids is 1. The predicted molar refractivity (Wildman–Crippen MR) is 61.4 cm³/mol. The summed E-state index contributed by atoms with van der Waals surface area (Å²) in [6, 6.07) is 0. The van der Waals surface area contributed by atoms with Crippen molar-refractivity contribution in [3.8, 4) is 0 Å². The third kappa shape index (κ3) is 36.0. The Labute approximate surface area is 154 Å². The van der Waals surface area contributed by atoms with E-state index in [1.807, 2.05) is 6.92 Å². The van der Waals surface area contributed by atoms with Gasteiger partial charge in [0.05, 0.1) is 6.10 Å². The number of halogens is 1. The fourth-order valence-corrected chi connectivity index (χ4v) is 0.925. The van der Waals surface area contributed by atoms with Crippen molar-refractivity contribution >= 4 is 5.78 Å². The van der Waals surface area contributed by atoms with Crippen LogP contribution in [-0.2, 0) is 4.79 Å². The van der Waals surface area contributed by atoms with Gasteiger partial charge in [0.1, 0.15) is 5.78 Å². The van der Waals surface area contributed by atoms with Crippen LogP contribution in [0.15, 0.2) is 0 Å². The maximum Gasteiger partial charge on any atom is 1.00 e. The molecule has 0 aromatic carbocycles. The maximum atomic E-state index is 10.2. The summed E-state index contributed by atoms with van der Waals surface area (Å²) in [5, 5.41) is 8.68. The minimum Gasteiger partial charge on any atom is -1.00 e. The standard InChI is InChI=1S/C6H14O.C6H12O.BrH.K/c2*1-3-4-5-6(2)7;;/h6-7H,3-5H2,1-2H3;3-5H2,1-2H3;1H;/q;;;+1/p-1. The first-order valence-corrected chi connectivity index (χ1v) is 5.72. The van der Waals surface area contributed by atoms with E-state index in [2.05, 4.69) is 13.8 Å². The average Bonchev–Trinajstić information content (AvgIpc) is 2.12. The van der Waals surface area contributed by atoms with Gasteiger partial charge in [0.25, 0.3) is 0 Å². The molecule has 94 valence electrons. The fraction of sp³-hybridized carbons (Fsp3) is 0.917. The van der Waals surface area contributed by atoms with E-state index in [0.717, 1.165) is 32.1 Å². The molecule has 0 aromatic rings. The molecule has 0 bridgehead atoms. The van der Waals surface area contributed by atoms with Crippen LogP contribution in [0.4, 0.5) is 0 Å². The molecule has 1 unspecified atom stereocenters. The normalized spacial score (nSPS) is 10.1. The number of carbonyl (C=O) groups is 1. The zero-order valence-electron chi connectivity index (χ0n) is 11.6. The molecule has 0 aliphatic carbocycles. The van der Waals surface area contributed by atoms with Gasteiger partial charge in [0.2, 0.25) is 0 Å². The Balaban J connectivity index is -0.0000000800. The molecule has 16 heavy (non-hydrogen) atoms. The predicted octanol–water partition coefficient (Wildman–Crippen LogP) is -2.67. The molecule has 0 heterocycles. The van der Waals surface area contributed by atoms with Gasteiger partial charge in [-0.3, -0.25) is 0 Å². The van der Waals surface area contributed by atoms with Gasteiger partial charge in [0.15, 0.2) is 0 Å². The average molecular weight is 321 g/mol. The summed E-state index contributed by atoms with van der Waals surface area (Å²) in [4.78, 5) is 10.2. The summed E-state index contributed by atoms with van der Waals surface area (Å²) in [6.07, 6.45) is 6.13. The smallest absolute Gasteiger partial charge is 1.00 e. The SMILES string of the molecule is CCCCC(C)=O.CCCCC(C)O.[Br-].[K+]. The number of Topliss-reactive ketones (excluding diaryl/α,β-unsaturated/α-hetero) is 1. The quantitative estimate of drug-likeness (QED) is 0.542. The minimum absolute atomic E-state index is 0. The molecule has 0 radical (unpaired) electrons. The van der Waals surface area contributed by atoms with E-state index < -0.39 is 0 Å². The van der Waals surface area contributed by atoms with Crippen LogP contribution in [0.1, 0.15) is 66.2 Å². The summed E-state index contributed by atoms with van der Waals surface area (Å²) in [7, 11) is 0. The molecule has 2 nitrogen and oxygen atoms in total. The maximum absolute atomic E-state index is 10.2. The van der Waals surface area contributed by atoms with Crippen LogP contribution in [0.3, 0.4) is 0 Å². The molecule has 4 heteroatoms. The number of ketones is 1. The first-order valence-electron chi connectivity index (χ1n) is 5.72. The Bertz CT molecular complexity index is 130. The van der Waals surface area contributed by atoms with Crippen molar-refractivity contribution in [1.29, 1.82) is 0 Å². The van der Waals surface area contributed by atoms with E-state index in [9.17, 15) is 4.79 Å². The van der Waals surface area contributed by atoms with Crippen LogP contribution < -0.4 is 68.4 Å². The third-order valence-electron chi connectivity index (χ3n) is 1.86. The summed E-state index contributed by atoms with van der Waals surface area (Å²) in [5.41, 5.74) is 0. The van der Waals surface area contributed by atoms with Crippen molar-refractivity contribution in [3.63, 3.8) is 0 Å². The molecule has 1 N–H and O–H groups in total. The second-order valence-corrected chi connectivity index (χ2v) is 3.80. The van der Waals surface area contributed by atoms with Crippen LogP contribution in [0.25, 0.3) is 0 Å². The van der Waals surface area contributed by atoms with Crippen molar-refractivity contribution in [3.05, 3.63) is 0 Å². The number of unbranched alkanes of at least 4 members (excludes halogenated alkanes) is 2. The Morgan fingerprint density at radius 2 is 1.62 bits per heavy atom. The van der Waals surface area contributed by atoms with Gasteiger partial charge in [0, 0.05) is 6.42 Å². The van der Waals surface area contributed by atoms with Gasteiger partial charge in [-0.2, -0.15) is 0 Å². The van der Waals surface area contributed by atoms with Crippen LogP contribution in [0.5, 0.6) is 0 Å². The van der Waals surface area contributed by atoms with E-state index in [4.69, 9.17) is 5.11 Å². The molecule has 0 saturated carbocycles. The second-order valence-electron chi connectivity index (χ2n) is 3.80. The third-order valence-corrected chi connectivity index (χ3v) is 1.86. The molecule has 0 aromatic heterocycles. The number of hydrogen-bond acceptors (Lipinski definition) is 2. The monoisotopic (exact) mass is 320 g/mol. The van der Waals surface area contributed by atoms with Gasteiger partial charge in [-0.05, 0) is 26.7 Å². The van der Waals surface area contributed by atoms with Gasteiger partial charge in [-0.1, -0.05) is 33.1 Å². The number of aliphatic hydroxyl groups is 1. The molecule has 0 spiro atoms. The van der Waals surface area contributed by atoms with E-state index >= 15 is 0 Å². The molecule has 0 fully saturated rings. The summed E-state index contributed by atoms with van der Waals surface area (Å²) >= 11 is 0. The first-order chi connectivity index (χ1) is 6.54. The zero-order valence-corrected chi connectivity index (χ0v) is 16.3. The largest absolute Gasteiger partial charge is 1.00 e. The van der Waals surface area contributed by atoms with Gasteiger partial charge >= 0.3 is 51.4 Å². The van der Waals surface area contributed by atoms with Gasteiger partial charge < -0.3 is 26.9 Å².